The Morgan fingerprint density at radius 2 is 1.62 bits per heavy atom. The molecule has 0 heterocycles. The Labute approximate surface area is 247 Å². The van der Waals surface area contributed by atoms with E-state index in [0.29, 0.717) is 30.0 Å². The highest BCUT2D eigenvalue weighted by Crippen LogP contribution is 2.37. The lowest BCUT2D eigenvalue weighted by molar-refractivity contribution is 0.239. The summed E-state index contributed by atoms with van der Waals surface area (Å²) in [5, 5.41) is 0. The van der Waals surface area contributed by atoms with Gasteiger partial charge in [-0.25, -0.2) is 4.39 Å². The zero-order valence-corrected chi connectivity index (χ0v) is 27.9. The lowest BCUT2D eigenvalue weighted by Gasteiger charge is -2.33. The van der Waals surface area contributed by atoms with Crippen molar-refractivity contribution < 1.29 is 13.2 Å². The van der Waals surface area contributed by atoms with Crippen molar-refractivity contribution in [3.05, 3.63) is 59.2 Å². The highest BCUT2D eigenvalue weighted by molar-refractivity contribution is 5.56. The maximum atomic E-state index is 14.0. The lowest BCUT2D eigenvalue weighted by atomic mass is 9.94. The zero-order valence-electron chi connectivity index (χ0n) is 27.9. The fourth-order valence-electron chi connectivity index (χ4n) is 4.50. The van der Waals surface area contributed by atoms with Gasteiger partial charge in [-0.2, -0.15) is 0 Å². The van der Waals surface area contributed by atoms with Crippen LogP contribution in [0.2, 0.25) is 0 Å². The van der Waals surface area contributed by atoms with Gasteiger partial charge in [-0.05, 0) is 69.1 Å². The number of hydrogen-bond acceptors (Lipinski definition) is 2. The molecule has 0 spiro atoms. The topological polar surface area (TPSA) is 15.6 Å². The first-order valence-electron chi connectivity index (χ1n) is 15.7. The van der Waals surface area contributed by atoms with Gasteiger partial charge in [-0.1, -0.05) is 99.4 Å². The van der Waals surface area contributed by atoms with Crippen molar-refractivity contribution in [2.75, 3.05) is 13.3 Å². The van der Waals surface area contributed by atoms with E-state index >= 15 is 0 Å². The first kappa shape index (κ1) is 42.4. The molecule has 1 aromatic rings. The number of aliphatic imine (C=N–C) groups is 1. The van der Waals surface area contributed by atoms with Crippen LogP contribution in [0.4, 0.5) is 13.2 Å². The summed E-state index contributed by atoms with van der Waals surface area (Å²) < 4.78 is 37.0. The second kappa shape index (κ2) is 28.5. The average molecular weight is 569 g/mol. The second-order valence-corrected chi connectivity index (χ2v) is 9.59. The van der Waals surface area contributed by atoms with Crippen LogP contribution in [0.5, 0.6) is 0 Å². The number of hydrogen-bond donors (Lipinski definition) is 0. The van der Waals surface area contributed by atoms with Crippen LogP contribution in [-0.2, 0) is 13.0 Å². The number of alkyl halides is 2. The van der Waals surface area contributed by atoms with Crippen LogP contribution in [-0.4, -0.2) is 30.5 Å². The molecule has 1 aliphatic carbocycles. The minimum Gasteiger partial charge on any atom is -0.363 e. The van der Waals surface area contributed by atoms with E-state index in [2.05, 4.69) is 44.2 Å². The molecule has 2 atom stereocenters. The Balaban J connectivity index is -0.000000976. The van der Waals surface area contributed by atoms with Gasteiger partial charge in [0, 0.05) is 25.2 Å². The van der Waals surface area contributed by atoms with Crippen molar-refractivity contribution in [3.8, 4) is 0 Å². The van der Waals surface area contributed by atoms with Crippen molar-refractivity contribution >= 4 is 6.21 Å². The molecule has 0 radical (unpaired) electrons. The quantitative estimate of drug-likeness (QED) is 0.191. The highest BCUT2D eigenvalue weighted by atomic mass is 19.1. The van der Waals surface area contributed by atoms with Crippen LogP contribution >= 0.6 is 0 Å². The largest absolute Gasteiger partial charge is 0.363 e. The molecular weight excluding hydrogens is 505 g/mol. The number of rotatable bonds is 11. The number of benzene rings is 1. The number of aryl methyl sites for hydroxylation is 1. The van der Waals surface area contributed by atoms with Gasteiger partial charge in [0.1, 0.15) is 5.82 Å². The molecule has 2 unspecified atom stereocenters. The third-order valence-corrected chi connectivity index (χ3v) is 6.55. The summed E-state index contributed by atoms with van der Waals surface area (Å²) in [6, 6.07) is 5.43. The van der Waals surface area contributed by atoms with E-state index < -0.39 is 6.67 Å². The molecule has 1 aliphatic rings. The maximum absolute atomic E-state index is 14.0. The van der Waals surface area contributed by atoms with Crippen molar-refractivity contribution in [1.82, 2.24) is 4.90 Å². The zero-order chi connectivity index (χ0) is 31.5. The smallest absolute Gasteiger partial charge is 0.126 e. The van der Waals surface area contributed by atoms with Crippen LogP contribution in [0.3, 0.4) is 0 Å². The average Bonchev–Trinajstić information content (AvgIpc) is 3.46. The Morgan fingerprint density at radius 3 is 2.02 bits per heavy atom. The van der Waals surface area contributed by atoms with Crippen molar-refractivity contribution in [1.29, 1.82) is 0 Å². The molecule has 1 aromatic carbocycles. The van der Waals surface area contributed by atoms with E-state index in [1.54, 1.807) is 18.3 Å². The SMILES string of the molecule is C=C(/C(=C/C)N=CC)N(Cc1ccc(F)c(CCF)c1)C1CCC(C(C)C)C1.CC.CC.CCCCC.CCF. The fraction of sp³-hybridized carbons (Fsp3) is 0.686. The minimum atomic E-state index is -0.552. The summed E-state index contributed by atoms with van der Waals surface area (Å²) in [5.41, 5.74) is 3.18. The van der Waals surface area contributed by atoms with Gasteiger partial charge in [0.05, 0.1) is 24.7 Å². The molecule has 0 amide bonds. The molecule has 40 heavy (non-hydrogen) atoms. The second-order valence-electron chi connectivity index (χ2n) is 9.59. The monoisotopic (exact) mass is 568 g/mol. The fourth-order valence-corrected chi connectivity index (χ4v) is 4.50. The van der Waals surface area contributed by atoms with Crippen LogP contribution in [0.25, 0.3) is 0 Å². The number of allylic oxidation sites excluding steroid dienone is 1. The summed E-state index contributed by atoms with van der Waals surface area (Å²) in [6.45, 7) is 26.5. The van der Waals surface area contributed by atoms with E-state index in [-0.39, 0.29) is 18.9 Å². The molecule has 0 aliphatic heterocycles. The maximum Gasteiger partial charge on any atom is 0.126 e. The van der Waals surface area contributed by atoms with Gasteiger partial charge in [0.15, 0.2) is 0 Å². The van der Waals surface area contributed by atoms with Crippen LogP contribution in [0.1, 0.15) is 126 Å². The van der Waals surface area contributed by atoms with E-state index in [1.807, 2.05) is 47.6 Å². The van der Waals surface area contributed by atoms with Gasteiger partial charge >= 0.3 is 0 Å². The molecule has 1 fully saturated rings. The van der Waals surface area contributed by atoms with E-state index in [1.165, 1.54) is 38.7 Å². The Bertz CT molecular complexity index is 785. The van der Waals surface area contributed by atoms with Crippen LogP contribution < -0.4 is 0 Å². The third-order valence-electron chi connectivity index (χ3n) is 6.55. The van der Waals surface area contributed by atoms with E-state index in [9.17, 15) is 13.2 Å². The predicted molar refractivity (Wildman–Crippen MR) is 174 cm³/mol. The highest BCUT2D eigenvalue weighted by Gasteiger charge is 2.32. The molecule has 1 saturated carbocycles. The molecule has 0 bridgehead atoms. The summed E-state index contributed by atoms with van der Waals surface area (Å²) in [7, 11) is 0. The van der Waals surface area contributed by atoms with Crippen LogP contribution in [0, 0.1) is 17.7 Å². The van der Waals surface area contributed by atoms with Crippen molar-refractivity contribution in [3.63, 3.8) is 0 Å². The van der Waals surface area contributed by atoms with Crippen molar-refractivity contribution in [2.45, 2.75) is 134 Å². The number of unbranched alkanes of at least 4 members (excludes halogenated alkanes) is 2. The molecule has 0 saturated heterocycles. The van der Waals surface area contributed by atoms with Gasteiger partial charge in [-0.3, -0.25) is 13.8 Å². The molecule has 2 rings (SSSR count). The molecule has 234 valence electrons. The van der Waals surface area contributed by atoms with Gasteiger partial charge in [0.25, 0.3) is 0 Å². The lowest BCUT2D eigenvalue weighted by Crippen LogP contribution is -2.33. The summed E-state index contributed by atoms with van der Waals surface area (Å²) in [5.74, 6) is 1.04. The summed E-state index contributed by atoms with van der Waals surface area (Å²) in [6.07, 6.45) is 11.4. The third kappa shape index (κ3) is 17.6. The molecule has 5 heteroatoms. The standard InChI is InChI=1S/C24H34F2N2.C5H12.C2H5F.2C2H6/c1-6-24(27-7-2)18(5)28(22-10-9-20(15-22)17(3)4)16-19-8-11-23(26)21(14-19)12-13-25;1-3-5-4-2;1-2-3;2*1-2/h6-8,11,14,17,20,22H,5,9-10,12-13,15-16H2,1-4H3;3-5H2,1-2H3;2H2,1H3;2*1-2H3/b24-6-,27-7?;;;;. The molecular formula is C35H63F3N2. The van der Waals surface area contributed by atoms with Gasteiger partial charge in [0.2, 0.25) is 0 Å². The minimum absolute atomic E-state index is 0.111. The number of nitrogens with zero attached hydrogens (tertiary/aromatic N) is 2. The molecule has 2 nitrogen and oxygen atoms in total. The Kier molecular flexibility index (Phi) is 30.2. The first-order valence-corrected chi connectivity index (χ1v) is 15.7. The van der Waals surface area contributed by atoms with E-state index in [4.69, 9.17) is 0 Å². The normalized spacial score (nSPS) is 16.0. The number of halogens is 3. The van der Waals surface area contributed by atoms with Crippen LogP contribution in [0.15, 0.2) is 47.2 Å². The molecule has 0 N–H and O–H groups in total. The van der Waals surface area contributed by atoms with E-state index in [0.717, 1.165) is 29.8 Å². The Hall–Kier alpha value is -2.04. The summed E-state index contributed by atoms with van der Waals surface area (Å²) >= 11 is 0. The molecule has 0 aromatic heterocycles. The Morgan fingerprint density at radius 1 is 1.05 bits per heavy atom. The predicted octanol–water partition coefficient (Wildman–Crippen LogP) is 11.7. The first-order chi connectivity index (χ1) is 19.2. The van der Waals surface area contributed by atoms with Crippen molar-refractivity contribution in [2.24, 2.45) is 16.8 Å². The van der Waals surface area contributed by atoms with Gasteiger partial charge in [-0.15, -0.1) is 0 Å². The summed E-state index contributed by atoms with van der Waals surface area (Å²) in [4.78, 5) is 6.79. The van der Waals surface area contributed by atoms with Gasteiger partial charge < -0.3 is 4.90 Å².